The molecule has 2 aromatic carbocycles. The Kier molecular flexibility index (Phi) is 3.61. The first-order valence-electron chi connectivity index (χ1n) is 8.06. The Morgan fingerprint density at radius 2 is 1.79 bits per heavy atom. The molecule has 4 rings (SSSR count). The van der Waals surface area contributed by atoms with Gasteiger partial charge in [-0.15, -0.1) is 0 Å². The van der Waals surface area contributed by atoms with Crippen molar-refractivity contribution in [2.24, 2.45) is 0 Å². The summed E-state index contributed by atoms with van der Waals surface area (Å²) >= 11 is 0. The molecule has 1 saturated heterocycles. The van der Waals surface area contributed by atoms with E-state index in [1.54, 1.807) is 4.90 Å². The van der Waals surface area contributed by atoms with E-state index in [2.05, 4.69) is 10.3 Å². The second kappa shape index (κ2) is 5.92. The Bertz CT molecular complexity index is 894. The van der Waals surface area contributed by atoms with Gasteiger partial charge in [-0.2, -0.15) is 0 Å². The van der Waals surface area contributed by atoms with Gasteiger partial charge in [-0.25, -0.2) is 9.97 Å². The Labute approximate surface area is 140 Å². The van der Waals surface area contributed by atoms with Gasteiger partial charge in [0.2, 0.25) is 5.91 Å². The van der Waals surface area contributed by atoms with Gasteiger partial charge in [-0.1, -0.05) is 42.5 Å². The molecule has 1 amide bonds. The first kappa shape index (κ1) is 14.6. The first-order valence-corrected chi connectivity index (χ1v) is 8.06. The van der Waals surface area contributed by atoms with Crippen LogP contribution in [0.1, 0.15) is 6.42 Å². The first-order chi connectivity index (χ1) is 11.7. The second-order valence-electron chi connectivity index (χ2n) is 6.02. The van der Waals surface area contributed by atoms with Crippen LogP contribution in [-0.2, 0) is 4.79 Å². The lowest BCUT2D eigenvalue weighted by Gasteiger charge is -2.15. The number of fused-ring (bicyclic) bond motifs is 1. The van der Waals surface area contributed by atoms with Crippen LogP contribution < -0.4 is 5.32 Å². The molecule has 1 atom stereocenters. The lowest BCUT2D eigenvalue weighted by Crippen LogP contribution is -2.31. The Balaban J connectivity index is 1.80. The largest absolute Gasteiger partial charge is 0.358 e. The number of anilines is 1. The third kappa shape index (κ3) is 2.58. The van der Waals surface area contributed by atoms with Crippen molar-refractivity contribution in [1.82, 2.24) is 14.9 Å². The number of carbonyl (C=O) groups is 1. The van der Waals surface area contributed by atoms with E-state index in [4.69, 9.17) is 4.98 Å². The third-order valence-corrected chi connectivity index (χ3v) is 4.37. The fraction of sp³-hybridized carbons (Fsp3) is 0.211. The maximum Gasteiger partial charge on any atom is 0.244 e. The van der Waals surface area contributed by atoms with Crippen molar-refractivity contribution in [2.45, 2.75) is 12.5 Å². The molecule has 0 aliphatic carbocycles. The van der Waals surface area contributed by atoms with Crippen LogP contribution in [0.15, 0.2) is 54.6 Å². The highest BCUT2D eigenvalue weighted by Gasteiger charge is 2.29. The van der Waals surface area contributed by atoms with Crippen molar-refractivity contribution in [2.75, 3.05) is 18.9 Å². The van der Waals surface area contributed by atoms with Gasteiger partial charge < -0.3 is 10.2 Å². The highest BCUT2D eigenvalue weighted by atomic mass is 16.2. The van der Waals surface area contributed by atoms with Crippen molar-refractivity contribution in [1.29, 1.82) is 0 Å². The minimum atomic E-state index is -0.225. The number of hydrogen-bond donors (Lipinski definition) is 1. The van der Waals surface area contributed by atoms with Crippen molar-refractivity contribution < 1.29 is 4.79 Å². The zero-order valence-electron chi connectivity index (χ0n) is 13.4. The molecular weight excluding hydrogens is 300 g/mol. The Hall–Kier alpha value is -2.95. The van der Waals surface area contributed by atoms with Crippen LogP contribution in [-0.4, -0.2) is 40.4 Å². The molecule has 0 spiro atoms. The maximum atomic E-state index is 12.2. The summed E-state index contributed by atoms with van der Waals surface area (Å²) in [7, 11) is 1.83. The molecule has 120 valence electrons. The lowest BCUT2D eigenvalue weighted by atomic mass is 10.1. The zero-order valence-corrected chi connectivity index (χ0v) is 13.4. The number of benzene rings is 2. The fourth-order valence-corrected chi connectivity index (χ4v) is 3.02. The van der Waals surface area contributed by atoms with E-state index in [1.165, 1.54) is 0 Å². The number of likely N-dealkylation sites (tertiary alicyclic amines) is 1. The molecule has 0 saturated carbocycles. The van der Waals surface area contributed by atoms with E-state index in [0.717, 1.165) is 29.4 Å². The van der Waals surface area contributed by atoms with E-state index in [0.29, 0.717) is 11.6 Å². The molecule has 1 aliphatic heterocycles. The monoisotopic (exact) mass is 318 g/mol. The summed E-state index contributed by atoms with van der Waals surface area (Å²) in [6.45, 7) is 0.769. The van der Waals surface area contributed by atoms with Crippen LogP contribution in [0.5, 0.6) is 0 Å². The molecule has 5 heteroatoms. The number of likely N-dealkylation sites (N-methyl/N-ethyl adjacent to an activating group) is 1. The van der Waals surface area contributed by atoms with Gasteiger partial charge in [-0.05, 0) is 18.6 Å². The number of nitrogens with one attached hydrogen (secondary N) is 1. The molecule has 24 heavy (non-hydrogen) atoms. The van der Waals surface area contributed by atoms with Crippen LogP contribution in [0.4, 0.5) is 5.82 Å². The molecular formula is C19H18N4O. The van der Waals surface area contributed by atoms with E-state index in [9.17, 15) is 4.79 Å². The van der Waals surface area contributed by atoms with Gasteiger partial charge in [0.25, 0.3) is 0 Å². The summed E-state index contributed by atoms with van der Waals surface area (Å²) in [5.74, 6) is 1.49. The predicted molar refractivity (Wildman–Crippen MR) is 94.6 cm³/mol. The maximum absolute atomic E-state index is 12.2. The number of rotatable bonds is 3. The highest BCUT2D eigenvalue weighted by Crippen LogP contribution is 2.26. The summed E-state index contributed by atoms with van der Waals surface area (Å²) in [5.41, 5.74) is 1.83. The fourth-order valence-electron chi connectivity index (χ4n) is 3.02. The average Bonchev–Trinajstić information content (AvgIpc) is 2.94. The Morgan fingerprint density at radius 1 is 1.04 bits per heavy atom. The van der Waals surface area contributed by atoms with Crippen LogP contribution in [0.25, 0.3) is 22.3 Å². The summed E-state index contributed by atoms with van der Waals surface area (Å²) in [6, 6.07) is 17.5. The van der Waals surface area contributed by atoms with Crippen molar-refractivity contribution in [3.05, 3.63) is 54.6 Å². The zero-order chi connectivity index (χ0) is 16.5. The van der Waals surface area contributed by atoms with Crippen LogP contribution >= 0.6 is 0 Å². The van der Waals surface area contributed by atoms with Crippen LogP contribution in [0, 0.1) is 0 Å². The number of para-hydroxylation sites is 1. The smallest absolute Gasteiger partial charge is 0.244 e. The minimum absolute atomic E-state index is 0.110. The highest BCUT2D eigenvalue weighted by molar-refractivity contribution is 5.93. The molecule has 0 radical (unpaired) electrons. The SMILES string of the molecule is CN1CCC(Nc2nc(-c3ccccc3)nc3ccccc23)C1=O. The Morgan fingerprint density at radius 3 is 2.54 bits per heavy atom. The number of carbonyl (C=O) groups excluding carboxylic acids is 1. The number of hydrogen-bond acceptors (Lipinski definition) is 4. The van der Waals surface area contributed by atoms with Gasteiger partial charge >= 0.3 is 0 Å². The van der Waals surface area contributed by atoms with Crippen molar-refractivity contribution in [3.63, 3.8) is 0 Å². The predicted octanol–water partition coefficient (Wildman–Crippen LogP) is 2.94. The van der Waals surface area contributed by atoms with Gasteiger partial charge in [0, 0.05) is 24.5 Å². The van der Waals surface area contributed by atoms with Gasteiger partial charge in [0.05, 0.1) is 5.52 Å². The van der Waals surface area contributed by atoms with Gasteiger partial charge in [-0.3, -0.25) is 4.79 Å². The minimum Gasteiger partial charge on any atom is -0.358 e. The summed E-state index contributed by atoms with van der Waals surface area (Å²) < 4.78 is 0. The van der Waals surface area contributed by atoms with E-state index in [-0.39, 0.29) is 11.9 Å². The van der Waals surface area contributed by atoms with Gasteiger partial charge in [0.15, 0.2) is 5.82 Å². The molecule has 1 aliphatic rings. The van der Waals surface area contributed by atoms with Crippen molar-refractivity contribution in [3.8, 4) is 11.4 Å². The molecule has 1 aromatic heterocycles. The number of aromatic nitrogens is 2. The van der Waals surface area contributed by atoms with Gasteiger partial charge in [0.1, 0.15) is 11.9 Å². The molecule has 1 N–H and O–H groups in total. The average molecular weight is 318 g/mol. The molecule has 3 aromatic rings. The number of nitrogens with zero attached hydrogens (tertiary/aromatic N) is 3. The topological polar surface area (TPSA) is 58.1 Å². The molecule has 1 unspecified atom stereocenters. The summed E-state index contributed by atoms with van der Waals surface area (Å²) in [6.07, 6.45) is 0.786. The lowest BCUT2D eigenvalue weighted by molar-refractivity contribution is -0.127. The summed E-state index contributed by atoms with van der Waals surface area (Å²) in [4.78, 5) is 23.3. The molecule has 0 bridgehead atoms. The second-order valence-corrected chi connectivity index (χ2v) is 6.02. The van der Waals surface area contributed by atoms with E-state index < -0.39 is 0 Å². The van der Waals surface area contributed by atoms with E-state index in [1.807, 2.05) is 61.6 Å². The quantitative estimate of drug-likeness (QED) is 0.806. The third-order valence-electron chi connectivity index (χ3n) is 4.37. The van der Waals surface area contributed by atoms with Crippen molar-refractivity contribution >= 4 is 22.6 Å². The molecule has 5 nitrogen and oxygen atoms in total. The molecule has 1 fully saturated rings. The molecule has 2 heterocycles. The van der Waals surface area contributed by atoms with E-state index >= 15 is 0 Å². The normalized spacial score (nSPS) is 17.5. The van der Waals surface area contributed by atoms with Crippen LogP contribution in [0.3, 0.4) is 0 Å². The summed E-state index contributed by atoms with van der Waals surface area (Å²) in [5, 5.41) is 4.26. The van der Waals surface area contributed by atoms with Crippen LogP contribution in [0.2, 0.25) is 0 Å². The number of amides is 1. The standard InChI is InChI=1S/C19H18N4O/c1-23-12-11-16(19(23)24)21-18-14-9-5-6-10-15(14)20-17(22-18)13-7-3-2-4-8-13/h2-10,16H,11-12H2,1H3,(H,20,21,22).